The third kappa shape index (κ3) is 4.61. The first kappa shape index (κ1) is 24.4. The molecule has 3 heterocycles. The van der Waals surface area contributed by atoms with E-state index in [-0.39, 0.29) is 29.3 Å². The van der Waals surface area contributed by atoms with Crippen LogP contribution in [-0.4, -0.2) is 92.0 Å². The summed E-state index contributed by atoms with van der Waals surface area (Å²) in [6, 6.07) is 10.3. The smallest absolute Gasteiger partial charge is 0.416 e. The molecule has 2 amide bonds. The minimum absolute atomic E-state index is 0.0191. The summed E-state index contributed by atoms with van der Waals surface area (Å²) in [5.74, 6) is -0.579. The molecule has 0 saturated carbocycles. The fraction of sp³-hybridized carbons (Fsp3) is 0.462. The Bertz CT molecular complexity index is 1150. The molecule has 3 aliphatic rings. The Balaban J connectivity index is 1.25. The second-order valence-electron chi connectivity index (χ2n) is 9.74. The largest absolute Gasteiger partial charge is 0.497 e. The number of likely N-dealkylation sites (N-methyl/N-ethyl adjacent to an activating group) is 1. The van der Waals surface area contributed by atoms with Gasteiger partial charge in [0.25, 0.3) is 11.8 Å². The van der Waals surface area contributed by atoms with Crippen molar-refractivity contribution in [2.45, 2.75) is 24.7 Å². The van der Waals surface area contributed by atoms with Gasteiger partial charge in [0.1, 0.15) is 5.75 Å². The number of carbonyl (C=O) groups excluding carboxylic acids is 2. The highest BCUT2D eigenvalue weighted by Crippen LogP contribution is 2.36. The topological polar surface area (TPSA) is 56.3 Å². The number of nitrogens with zero attached hydrogens (tertiary/aromatic N) is 4. The van der Waals surface area contributed by atoms with Crippen LogP contribution in [0.5, 0.6) is 5.75 Å². The standard InChI is InChI=1S/C26H29F3N4O3/c1-30-7-9-31(10-8-30)20-5-3-17(4-6-20)24(34)32-15-22-14-21(32)16-33(22)25(35)18-11-19(26(27,28)29)13-23(12-18)36-2/h3-6,11-13,21-22H,7-10,14-16H2,1-2H3/t21-,22+/m1/s1. The number of methoxy groups -OCH3 is 1. The zero-order chi connectivity index (χ0) is 25.6. The van der Waals surface area contributed by atoms with Crippen LogP contribution in [0.3, 0.4) is 0 Å². The molecule has 0 aromatic heterocycles. The minimum atomic E-state index is -4.59. The maximum atomic E-state index is 13.3. The Morgan fingerprint density at radius 2 is 1.44 bits per heavy atom. The van der Waals surface area contributed by atoms with Crippen LogP contribution >= 0.6 is 0 Å². The van der Waals surface area contributed by atoms with Crippen molar-refractivity contribution in [3.63, 3.8) is 0 Å². The van der Waals surface area contributed by atoms with Crippen LogP contribution in [0.4, 0.5) is 18.9 Å². The van der Waals surface area contributed by atoms with Gasteiger partial charge in [-0.15, -0.1) is 0 Å². The van der Waals surface area contributed by atoms with Gasteiger partial charge in [0.2, 0.25) is 0 Å². The van der Waals surface area contributed by atoms with Crippen molar-refractivity contribution in [1.29, 1.82) is 0 Å². The third-order valence-electron chi connectivity index (χ3n) is 7.46. The first-order valence-corrected chi connectivity index (χ1v) is 12.1. The maximum absolute atomic E-state index is 13.3. The van der Waals surface area contributed by atoms with Crippen LogP contribution in [0.15, 0.2) is 42.5 Å². The van der Waals surface area contributed by atoms with Crippen molar-refractivity contribution in [3.05, 3.63) is 59.2 Å². The zero-order valence-corrected chi connectivity index (χ0v) is 20.3. The van der Waals surface area contributed by atoms with Gasteiger partial charge in [-0.2, -0.15) is 13.2 Å². The maximum Gasteiger partial charge on any atom is 0.416 e. The number of alkyl halides is 3. The Morgan fingerprint density at radius 1 is 0.861 bits per heavy atom. The monoisotopic (exact) mass is 502 g/mol. The molecule has 2 atom stereocenters. The Labute approximate surface area is 208 Å². The minimum Gasteiger partial charge on any atom is -0.497 e. The molecule has 3 aliphatic heterocycles. The summed E-state index contributed by atoms with van der Waals surface area (Å²) in [6.45, 7) is 4.56. The highest BCUT2D eigenvalue weighted by molar-refractivity contribution is 5.97. The molecule has 192 valence electrons. The van der Waals surface area contributed by atoms with Crippen LogP contribution in [0.1, 0.15) is 32.7 Å². The number of ether oxygens (including phenoxy) is 1. The zero-order valence-electron chi connectivity index (χ0n) is 20.3. The molecule has 3 fully saturated rings. The lowest BCUT2D eigenvalue weighted by atomic mass is 10.1. The number of halogens is 3. The summed E-state index contributed by atoms with van der Waals surface area (Å²) in [5.41, 5.74) is 0.703. The second-order valence-corrected chi connectivity index (χ2v) is 9.74. The Kier molecular flexibility index (Phi) is 6.32. The molecular formula is C26H29F3N4O3. The van der Waals surface area contributed by atoms with Crippen LogP contribution in [0, 0.1) is 0 Å². The van der Waals surface area contributed by atoms with Gasteiger partial charge >= 0.3 is 6.18 Å². The van der Waals surface area contributed by atoms with E-state index in [1.54, 1.807) is 9.80 Å². The van der Waals surface area contributed by atoms with Crippen molar-refractivity contribution < 1.29 is 27.5 Å². The number of carbonyl (C=O) groups is 2. The second kappa shape index (κ2) is 9.31. The number of hydrogen-bond acceptors (Lipinski definition) is 5. The Morgan fingerprint density at radius 3 is 1.97 bits per heavy atom. The van der Waals surface area contributed by atoms with E-state index in [2.05, 4.69) is 16.8 Å². The van der Waals surface area contributed by atoms with Crippen molar-refractivity contribution in [2.75, 3.05) is 58.3 Å². The van der Waals surface area contributed by atoms with Gasteiger partial charge in [0.05, 0.1) is 24.8 Å². The highest BCUT2D eigenvalue weighted by atomic mass is 19.4. The highest BCUT2D eigenvalue weighted by Gasteiger charge is 2.47. The third-order valence-corrected chi connectivity index (χ3v) is 7.46. The SMILES string of the molecule is COc1cc(C(=O)N2C[C@H]3C[C@H]2CN3C(=O)c2ccc(N3CCN(C)CC3)cc2)cc(C(F)(F)F)c1. The quantitative estimate of drug-likeness (QED) is 0.643. The number of rotatable bonds is 4. The van der Waals surface area contributed by atoms with Gasteiger partial charge < -0.3 is 24.3 Å². The van der Waals surface area contributed by atoms with Crippen LogP contribution in [-0.2, 0) is 6.18 Å². The van der Waals surface area contributed by atoms with Crippen molar-refractivity contribution >= 4 is 17.5 Å². The summed E-state index contributed by atoms with van der Waals surface area (Å²) in [4.78, 5) is 34.3. The summed E-state index contributed by atoms with van der Waals surface area (Å²) in [7, 11) is 3.37. The molecule has 7 nitrogen and oxygen atoms in total. The summed E-state index contributed by atoms with van der Waals surface area (Å²) in [5, 5.41) is 0. The van der Waals surface area contributed by atoms with E-state index in [4.69, 9.17) is 4.74 Å². The molecule has 0 unspecified atom stereocenters. The van der Waals surface area contributed by atoms with Gasteiger partial charge in [-0.25, -0.2) is 0 Å². The number of piperazine rings is 2. The molecule has 0 aliphatic carbocycles. The van der Waals surface area contributed by atoms with Gasteiger partial charge in [0.15, 0.2) is 0 Å². The summed E-state index contributed by atoms with van der Waals surface area (Å²) in [6.07, 6.45) is -3.97. The molecule has 10 heteroatoms. The van der Waals surface area contributed by atoms with E-state index in [0.29, 0.717) is 25.1 Å². The average Bonchev–Trinajstić information content (AvgIpc) is 3.49. The number of benzene rings is 2. The van der Waals surface area contributed by atoms with Gasteiger partial charge in [-0.3, -0.25) is 9.59 Å². The first-order chi connectivity index (χ1) is 17.1. The predicted octanol–water partition coefficient (Wildman–Crippen LogP) is 3.20. The number of anilines is 1. The summed E-state index contributed by atoms with van der Waals surface area (Å²) < 4.78 is 44.9. The van der Waals surface area contributed by atoms with E-state index in [0.717, 1.165) is 44.0 Å². The van der Waals surface area contributed by atoms with Crippen molar-refractivity contribution in [1.82, 2.24) is 14.7 Å². The molecule has 0 radical (unpaired) electrons. The fourth-order valence-electron chi connectivity index (χ4n) is 5.38. The number of hydrogen-bond donors (Lipinski definition) is 0. The van der Waals surface area contributed by atoms with Crippen molar-refractivity contribution in [2.24, 2.45) is 0 Å². The number of likely N-dealkylation sites (tertiary alicyclic amines) is 2. The van der Waals surface area contributed by atoms with Crippen LogP contribution in [0.25, 0.3) is 0 Å². The molecule has 2 bridgehead atoms. The molecule has 3 saturated heterocycles. The first-order valence-electron chi connectivity index (χ1n) is 12.1. The van der Waals surface area contributed by atoms with E-state index >= 15 is 0 Å². The van der Waals surface area contributed by atoms with Gasteiger partial charge in [-0.1, -0.05) is 0 Å². The van der Waals surface area contributed by atoms with E-state index in [1.165, 1.54) is 13.2 Å². The van der Waals surface area contributed by atoms with E-state index in [1.807, 2.05) is 24.3 Å². The summed E-state index contributed by atoms with van der Waals surface area (Å²) >= 11 is 0. The average molecular weight is 503 g/mol. The molecule has 0 spiro atoms. The fourth-order valence-corrected chi connectivity index (χ4v) is 5.38. The van der Waals surface area contributed by atoms with Gasteiger partial charge in [-0.05, 0) is 55.9 Å². The Hall–Kier alpha value is -3.27. The normalized spacial score (nSPS) is 22.3. The number of amides is 2. The number of fused-ring (bicyclic) bond motifs is 2. The van der Waals surface area contributed by atoms with Crippen molar-refractivity contribution in [3.8, 4) is 5.75 Å². The molecule has 36 heavy (non-hydrogen) atoms. The van der Waals surface area contributed by atoms with Crippen LogP contribution < -0.4 is 9.64 Å². The predicted molar refractivity (Wildman–Crippen MR) is 128 cm³/mol. The lowest BCUT2D eigenvalue weighted by Gasteiger charge is -2.35. The lowest BCUT2D eigenvalue weighted by molar-refractivity contribution is -0.137. The molecular weight excluding hydrogens is 473 g/mol. The molecule has 2 aromatic rings. The molecule has 5 rings (SSSR count). The van der Waals surface area contributed by atoms with Gasteiger partial charge in [0, 0.05) is 56.1 Å². The molecule has 0 N–H and O–H groups in total. The van der Waals surface area contributed by atoms with Crippen LogP contribution in [0.2, 0.25) is 0 Å². The molecule has 2 aromatic carbocycles. The van der Waals surface area contributed by atoms with E-state index in [9.17, 15) is 22.8 Å². The lowest BCUT2D eigenvalue weighted by Crippen LogP contribution is -2.50. The van der Waals surface area contributed by atoms with E-state index < -0.39 is 17.6 Å².